The van der Waals surface area contributed by atoms with E-state index in [0.29, 0.717) is 19.3 Å². The lowest BCUT2D eigenvalue weighted by molar-refractivity contribution is -0.167. The third-order valence-corrected chi connectivity index (χ3v) is 15.9. The maximum Gasteiger partial charge on any atom is 0.306 e. The molecule has 0 aromatic heterocycles. The van der Waals surface area contributed by atoms with Gasteiger partial charge in [-0.1, -0.05) is 328 Å². The van der Waals surface area contributed by atoms with Crippen molar-refractivity contribution in [2.75, 3.05) is 13.2 Å². The summed E-state index contributed by atoms with van der Waals surface area (Å²) in [4.78, 5) is 38.4. The van der Waals surface area contributed by atoms with E-state index in [1.807, 2.05) is 0 Å². The van der Waals surface area contributed by atoms with Gasteiger partial charge in [-0.2, -0.15) is 0 Å². The molecule has 0 bridgehead atoms. The number of hydrogen-bond donors (Lipinski definition) is 0. The van der Waals surface area contributed by atoms with Crippen molar-refractivity contribution in [2.24, 2.45) is 0 Å². The molecule has 0 aliphatic heterocycles. The minimum absolute atomic E-state index is 0.0683. The Morgan fingerprint density at radius 2 is 0.429 bits per heavy atom. The Morgan fingerprint density at radius 3 is 0.649 bits per heavy atom. The van der Waals surface area contributed by atoms with Crippen molar-refractivity contribution in [2.45, 2.75) is 399 Å². The van der Waals surface area contributed by atoms with Crippen LogP contribution in [0.5, 0.6) is 0 Å². The quantitative estimate of drug-likeness (QED) is 0.0261. The standard InChI is InChI=1S/C71H134O6/c1-4-7-10-13-16-19-22-25-28-31-34-36-38-40-43-46-49-52-55-58-61-64-70(73)76-67-68(66-75-69(72)63-60-57-54-51-48-45-42-39-33-30-27-24-21-18-15-12-9-6-3)77-71(74)65-62-59-56-53-50-47-44-41-37-35-32-29-26-23-20-17-14-11-8-5-2/h30-31,33-34,68H,4-29,32,35-67H2,1-3H3/b33-30-,34-31-. The van der Waals surface area contributed by atoms with Gasteiger partial charge < -0.3 is 14.2 Å². The maximum atomic E-state index is 13.0. The molecule has 0 N–H and O–H groups in total. The van der Waals surface area contributed by atoms with Crippen LogP contribution in [-0.4, -0.2) is 37.2 Å². The van der Waals surface area contributed by atoms with Gasteiger partial charge in [0.1, 0.15) is 13.2 Å². The highest BCUT2D eigenvalue weighted by Gasteiger charge is 2.19. The van der Waals surface area contributed by atoms with Crippen molar-refractivity contribution in [1.82, 2.24) is 0 Å². The maximum absolute atomic E-state index is 13.0. The lowest BCUT2D eigenvalue weighted by atomic mass is 10.0. The summed E-state index contributed by atoms with van der Waals surface area (Å²) in [6, 6.07) is 0. The highest BCUT2D eigenvalue weighted by Crippen LogP contribution is 2.18. The first-order chi connectivity index (χ1) is 38.0. The second-order valence-corrected chi connectivity index (χ2v) is 23.8. The predicted molar refractivity (Wildman–Crippen MR) is 335 cm³/mol. The third-order valence-electron chi connectivity index (χ3n) is 15.9. The first-order valence-electron chi connectivity index (χ1n) is 34.8. The van der Waals surface area contributed by atoms with Gasteiger partial charge in [-0.05, 0) is 70.6 Å². The number of hydrogen-bond acceptors (Lipinski definition) is 6. The molecule has 0 radical (unpaired) electrons. The van der Waals surface area contributed by atoms with Crippen LogP contribution < -0.4 is 0 Å². The molecule has 0 aliphatic rings. The van der Waals surface area contributed by atoms with E-state index < -0.39 is 6.10 Å². The number of carbonyl (C=O) groups excluding carboxylic acids is 3. The van der Waals surface area contributed by atoms with Gasteiger partial charge in [0.05, 0.1) is 0 Å². The lowest BCUT2D eigenvalue weighted by Gasteiger charge is -2.18. The fraction of sp³-hybridized carbons (Fsp3) is 0.901. The minimum Gasteiger partial charge on any atom is -0.462 e. The second-order valence-electron chi connectivity index (χ2n) is 23.8. The zero-order valence-corrected chi connectivity index (χ0v) is 52.3. The number of allylic oxidation sites excluding steroid dienone is 4. The molecule has 0 saturated heterocycles. The molecule has 454 valence electrons. The Balaban J connectivity index is 4.31. The molecule has 0 heterocycles. The van der Waals surface area contributed by atoms with Crippen molar-refractivity contribution in [1.29, 1.82) is 0 Å². The van der Waals surface area contributed by atoms with Crippen LogP contribution in [0.2, 0.25) is 0 Å². The van der Waals surface area contributed by atoms with E-state index in [4.69, 9.17) is 14.2 Å². The van der Waals surface area contributed by atoms with Gasteiger partial charge in [0, 0.05) is 19.3 Å². The van der Waals surface area contributed by atoms with Crippen LogP contribution in [0.3, 0.4) is 0 Å². The molecular formula is C71H134O6. The highest BCUT2D eigenvalue weighted by molar-refractivity contribution is 5.71. The van der Waals surface area contributed by atoms with Gasteiger partial charge in [0.25, 0.3) is 0 Å². The largest absolute Gasteiger partial charge is 0.462 e. The van der Waals surface area contributed by atoms with Crippen molar-refractivity contribution in [3.8, 4) is 0 Å². The van der Waals surface area contributed by atoms with Crippen molar-refractivity contribution in [3.05, 3.63) is 24.3 Å². The Morgan fingerprint density at radius 1 is 0.247 bits per heavy atom. The molecule has 6 nitrogen and oxygen atoms in total. The van der Waals surface area contributed by atoms with E-state index >= 15 is 0 Å². The monoisotopic (exact) mass is 1080 g/mol. The number of ether oxygens (including phenoxy) is 3. The molecule has 0 saturated carbocycles. The molecule has 0 spiro atoms. The summed E-state index contributed by atoms with van der Waals surface area (Å²) in [6.45, 7) is 6.72. The smallest absolute Gasteiger partial charge is 0.306 e. The zero-order chi connectivity index (χ0) is 55.7. The lowest BCUT2D eigenvalue weighted by Crippen LogP contribution is -2.30. The molecule has 0 aliphatic carbocycles. The normalized spacial score (nSPS) is 12.1. The Bertz CT molecular complexity index is 1240. The summed E-state index contributed by atoms with van der Waals surface area (Å²) in [5.74, 6) is -0.842. The fourth-order valence-electron chi connectivity index (χ4n) is 10.7. The Kier molecular flexibility index (Phi) is 64.6. The minimum atomic E-state index is -0.772. The predicted octanol–water partition coefficient (Wildman–Crippen LogP) is 23.8. The van der Waals surface area contributed by atoms with Gasteiger partial charge in [-0.15, -0.1) is 0 Å². The topological polar surface area (TPSA) is 78.9 Å². The third kappa shape index (κ3) is 64.6. The zero-order valence-electron chi connectivity index (χ0n) is 52.3. The van der Waals surface area contributed by atoms with Crippen molar-refractivity contribution in [3.63, 3.8) is 0 Å². The van der Waals surface area contributed by atoms with Gasteiger partial charge in [-0.3, -0.25) is 14.4 Å². The Labute approximate surface area is 481 Å². The number of esters is 3. The average molecular weight is 1080 g/mol. The van der Waals surface area contributed by atoms with Crippen LogP contribution in [0.15, 0.2) is 24.3 Å². The molecule has 0 amide bonds. The van der Waals surface area contributed by atoms with E-state index in [0.717, 1.165) is 57.8 Å². The molecular weight excluding hydrogens is 949 g/mol. The fourth-order valence-corrected chi connectivity index (χ4v) is 10.7. The van der Waals surface area contributed by atoms with E-state index in [2.05, 4.69) is 45.1 Å². The van der Waals surface area contributed by atoms with Crippen LogP contribution in [0.4, 0.5) is 0 Å². The van der Waals surface area contributed by atoms with E-state index in [1.54, 1.807) is 0 Å². The summed E-state index contributed by atoms with van der Waals surface area (Å²) in [5.41, 5.74) is 0. The molecule has 1 atom stereocenters. The molecule has 0 rings (SSSR count). The number of unbranched alkanes of at least 4 members (excludes halogenated alkanes) is 50. The Hall–Kier alpha value is -2.11. The summed E-state index contributed by atoms with van der Waals surface area (Å²) in [7, 11) is 0. The average Bonchev–Trinajstić information content (AvgIpc) is 3.43. The second kappa shape index (κ2) is 66.4. The summed E-state index contributed by atoms with van der Waals surface area (Å²) in [5, 5.41) is 0. The molecule has 1 unspecified atom stereocenters. The molecule has 0 fully saturated rings. The van der Waals surface area contributed by atoms with Crippen LogP contribution in [0, 0.1) is 0 Å². The van der Waals surface area contributed by atoms with E-state index in [1.165, 1.54) is 295 Å². The van der Waals surface area contributed by atoms with Crippen molar-refractivity contribution >= 4 is 17.9 Å². The molecule has 77 heavy (non-hydrogen) atoms. The molecule has 0 aromatic rings. The first-order valence-corrected chi connectivity index (χ1v) is 34.8. The van der Waals surface area contributed by atoms with Crippen LogP contribution in [0.1, 0.15) is 393 Å². The highest BCUT2D eigenvalue weighted by atomic mass is 16.6. The van der Waals surface area contributed by atoms with E-state index in [-0.39, 0.29) is 31.1 Å². The van der Waals surface area contributed by atoms with Crippen molar-refractivity contribution < 1.29 is 28.6 Å². The summed E-state index contributed by atoms with van der Waals surface area (Å²) in [6.07, 6.45) is 80.5. The van der Waals surface area contributed by atoms with Gasteiger partial charge in [0.2, 0.25) is 0 Å². The van der Waals surface area contributed by atoms with Crippen LogP contribution >= 0.6 is 0 Å². The van der Waals surface area contributed by atoms with E-state index in [9.17, 15) is 14.4 Å². The van der Waals surface area contributed by atoms with Gasteiger partial charge in [-0.25, -0.2) is 0 Å². The SMILES string of the molecule is CCCCCCCCC/C=C\CCCCCCCCCC(=O)OCC(COC(=O)CCCCCCCCCCC/C=C\CCCCCCCCCC)OC(=O)CCCCCCCCCCCCCCCCCCCCCC. The van der Waals surface area contributed by atoms with Gasteiger partial charge in [0.15, 0.2) is 6.10 Å². The summed E-state index contributed by atoms with van der Waals surface area (Å²) < 4.78 is 17.0. The number of rotatable bonds is 65. The van der Waals surface area contributed by atoms with Crippen LogP contribution in [-0.2, 0) is 28.6 Å². The number of carbonyl (C=O) groups is 3. The van der Waals surface area contributed by atoms with Crippen LogP contribution in [0.25, 0.3) is 0 Å². The molecule has 6 heteroatoms. The van der Waals surface area contributed by atoms with Gasteiger partial charge >= 0.3 is 17.9 Å². The summed E-state index contributed by atoms with van der Waals surface area (Å²) >= 11 is 0. The first kappa shape index (κ1) is 74.9. The molecule has 0 aromatic carbocycles.